The Morgan fingerprint density at radius 1 is 1.23 bits per heavy atom. The van der Waals surface area contributed by atoms with Crippen LogP contribution in [0, 0.1) is 13.8 Å². The van der Waals surface area contributed by atoms with Gasteiger partial charge in [-0.25, -0.2) is 8.42 Å². The number of sulfone groups is 1. The zero-order valence-electron chi connectivity index (χ0n) is 7.62. The SMILES string of the molecule is Cc1sc(C)c(S(C)(=O)=O)c1C=O. The number of rotatable bonds is 2. The molecule has 0 aliphatic carbocycles. The van der Waals surface area contributed by atoms with Crippen LogP contribution in [0.5, 0.6) is 0 Å². The summed E-state index contributed by atoms with van der Waals surface area (Å²) in [7, 11) is -3.28. The molecule has 0 spiro atoms. The molecule has 72 valence electrons. The van der Waals surface area contributed by atoms with Gasteiger partial charge in [0.15, 0.2) is 16.1 Å². The molecule has 0 aromatic carbocycles. The summed E-state index contributed by atoms with van der Waals surface area (Å²) in [5.74, 6) is 0. The van der Waals surface area contributed by atoms with Crippen molar-refractivity contribution in [2.75, 3.05) is 6.26 Å². The molecular weight excluding hydrogens is 208 g/mol. The minimum Gasteiger partial charge on any atom is -0.298 e. The van der Waals surface area contributed by atoms with Crippen LogP contribution in [0.1, 0.15) is 20.1 Å². The highest BCUT2D eigenvalue weighted by Gasteiger charge is 2.20. The van der Waals surface area contributed by atoms with Gasteiger partial charge in [0.25, 0.3) is 0 Å². The van der Waals surface area contributed by atoms with Crippen molar-refractivity contribution in [1.82, 2.24) is 0 Å². The lowest BCUT2D eigenvalue weighted by atomic mass is 10.3. The third kappa shape index (κ3) is 1.81. The average molecular weight is 218 g/mol. The van der Waals surface area contributed by atoms with E-state index in [9.17, 15) is 13.2 Å². The first-order valence-electron chi connectivity index (χ1n) is 3.63. The molecule has 3 nitrogen and oxygen atoms in total. The highest BCUT2D eigenvalue weighted by Crippen LogP contribution is 2.29. The second-order valence-corrected chi connectivity index (χ2v) is 6.23. The van der Waals surface area contributed by atoms with E-state index in [1.165, 1.54) is 11.3 Å². The monoisotopic (exact) mass is 218 g/mol. The fraction of sp³-hybridized carbons (Fsp3) is 0.375. The predicted octanol–water partition coefficient (Wildman–Crippen LogP) is 1.58. The number of thiophene rings is 1. The Morgan fingerprint density at radius 2 is 1.77 bits per heavy atom. The van der Waals surface area contributed by atoms with Crippen LogP contribution >= 0.6 is 11.3 Å². The maximum Gasteiger partial charge on any atom is 0.177 e. The molecule has 5 heteroatoms. The van der Waals surface area contributed by atoms with Crippen LogP contribution in [0.4, 0.5) is 0 Å². The third-order valence-electron chi connectivity index (χ3n) is 1.74. The molecule has 0 saturated carbocycles. The molecule has 0 amide bonds. The van der Waals surface area contributed by atoms with Crippen molar-refractivity contribution in [2.45, 2.75) is 18.7 Å². The van der Waals surface area contributed by atoms with Crippen molar-refractivity contribution < 1.29 is 13.2 Å². The molecule has 0 saturated heterocycles. The van der Waals surface area contributed by atoms with E-state index in [2.05, 4.69) is 0 Å². The standard InChI is InChI=1S/C8H10O3S2/c1-5-7(4-9)8(6(2)12-5)13(3,10)11/h4H,1-3H3. The lowest BCUT2D eigenvalue weighted by Crippen LogP contribution is -2.01. The van der Waals surface area contributed by atoms with Crippen LogP contribution < -0.4 is 0 Å². The molecule has 0 atom stereocenters. The van der Waals surface area contributed by atoms with E-state index in [0.717, 1.165) is 11.1 Å². The minimum absolute atomic E-state index is 0.185. The Balaban J connectivity index is 3.61. The van der Waals surface area contributed by atoms with Crippen LogP contribution in [0.25, 0.3) is 0 Å². The Morgan fingerprint density at radius 3 is 2.08 bits per heavy atom. The van der Waals surface area contributed by atoms with Gasteiger partial charge in [0.1, 0.15) is 0 Å². The van der Waals surface area contributed by atoms with Crippen molar-refractivity contribution in [2.24, 2.45) is 0 Å². The maximum absolute atomic E-state index is 11.3. The molecule has 13 heavy (non-hydrogen) atoms. The molecule has 0 radical (unpaired) electrons. The molecule has 1 aromatic heterocycles. The van der Waals surface area contributed by atoms with Gasteiger partial charge in [0, 0.05) is 21.6 Å². The summed E-state index contributed by atoms with van der Waals surface area (Å²) in [6, 6.07) is 0. The van der Waals surface area contributed by atoms with Gasteiger partial charge in [0.2, 0.25) is 0 Å². The summed E-state index contributed by atoms with van der Waals surface area (Å²) in [4.78, 5) is 12.3. The van der Waals surface area contributed by atoms with E-state index in [0.29, 0.717) is 16.7 Å². The summed E-state index contributed by atoms with van der Waals surface area (Å²) < 4.78 is 22.6. The molecule has 0 unspecified atom stereocenters. The van der Waals surface area contributed by atoms with Gasteiger partial charge in [-0.15, -0.1) is 11.3 Å². The van der Waals surface area contributed by atoms with Crippen molar-refractivity contribution >= 4 is 27.5 Å². The van der Waals surface area contributed by atoms with Crippen LogP contribution in [0.3, 0.4) is 0 Å². The molecule has 0 aliphatic heterocycles. The molecule has 0 aliphatic rings. The zero-order valence-corrected chi connectivity index (χ0v) is 9.25. The highest BCUT2D eigenvalue weighted by atomic mass is 32.2. The van der Waals surface area contributed by atoms with Crippen molar-refractivity contribution in [1.29, 1.82) is 0 Å². The lowest BCUT2D eigenvalue weighted by molar-refractivity contribution is 0.112. The molecule has 1 aromatic rings. The van der Waals surface area contributed by atoms with Gasteiger partial charge in [-0.3, -0.25) is 4.79 Å². The normalized spacial score (nSPS) is 11.6. The first-order chi connectivity index (χ1) is 5.88. The third-order valence-corrected chi connectivity index (χ3v) is 4.17. The van der Waals surface area contributed by atoms with Crippen molar-refractivity contribution in [3.05, 3.63) is 15.3 Å². The summed E-state index contributed by atoms with van der Waals surface area (Å²) in [6.07, 6.45) is 1.73. The summed E-state index contributed by atoms with van der Waals surface area (Å²) in [5.41, 5.74) is 0.310. The van der Waals surface area contributed by atoms with Gasteiger partial charge < -0.3 is 0 Å². The highest BCUT2D eigenvalue weighted by molar-refractivity contribution is 7.91. The number of aldehydes is 1. The second-order valence-electron chi connectivity index (χ2n) is 2.85. The van der Waals surface area contributed by atoms with Gasteiger partial charge >= 0.3 is 0 Å². The summed E-state index contributed by atoms with van der Waals surface area (Å²) in [5, 5.41) is 0. The van der Waals surface area contributed by atoms with Crippen LogP contribution in [-0.4, -0.2) is 21.0 Å². The van der Waals surface area contributed by atoms with E-state index in [4.69, 9.17) is 0 Å². The van der Waals surface area contributed by atoms with Crippen LogP contribution in [0.2, 0.25) is 0 Å². The average Bonchev–Trinajstić information content (AvgIpc) is 2.23. The van der Waals surface area contributed by atoms with Gasteiger partial charge in [0.05, 0.1) is 4.90 Å². The van der Waals surface area contributed by atoms with Gasteiger partial charge in [-0.1, -0.05) is 0 Å². The van der Waals surface area contributed by atoms with E-state index in [1.54, 1.807) is 13.8 Å². The fourth-order valence-corrected chi connectivity index (χ4v) is 3.97. The first-order valence-corrected chi connectivity index (χ1v) is 6.34. The summed E-state index contributed by atoms with van der Waals surface area (Å²) >= 11 is 1.34. The smallest absolute Gasteiger partial charge is 0.177 e. The number of hydrogen-bond donors (Lipinski definition) is 0. The number of carbonyl (C=O) groups excluding carboxylic acids is 1. The molecular formula is C8H10O3S2. The number of hydrogen-bond acceptors (Lipinski definition) is 4. The Kier molecular flexibility index (Phi) is 2.58. The van der Waals surface area contributed by atoms with Gasteiger partial charge in [-0.05, 0) is 13.8 Å². The Bertz CT molecular complexity index is 440. The topological polar surface area (TPSA) is 51.2 Å². The number of carbonyl (C=O) groups is 1. The molecule has 1 heterocycles. The van der Waals surface area contributed by atoms with E-state index >= 15 is 0 Å². The second kappa shape index (κ2) is 3.23. The van der Waals surface area contributed by atoms with Crippen LogP contribution in [-0.2, 0) is 9.84 Å². The summed E-state index contributed by atoms with van der Waals surface area (Å²) in [6.45, 7) is 3.46. The largest absolute Gasteiger partial charge is 0.298 e. The maximum atomic E-state index is 11.3. The van der Waals surface area contributed by atoms with Crippen molar-refractivity contribution in [3.8, 4) is 0 Å². The minimum atomic E-state index is -3.28. The van der Waals surface area contributed by atoms with E-state index in [-0.39, 0.29) is 4.90 Å². The molecule has 0 bridgehead atoms. The molecule has 0 N–H and O–H groups in total. The van der Waals surface area contributed by atoms with Crippen molar-refractivity contribution in [3.63, 3.8) is 0 Å². The van der Waals surface area contributed by atoms with Gasteiger partial charge in [-0.2, -0.15) is 0 Å². The van der Waals surface area contributed by atoms with E-state index < -0.39 is 9.84 Å². The lowest BCUT2D eigenvalue weighted by Gasteiger charge is -1.96. The number of aryl methyl sites for hydroxylation is 2. The fourth-order valence-electron chi connectivity index (χ4n) is 1.28. The first kappa shape index (κ1) is 10.4. The van der Waals surface area contributed by atoms with Crippen LogP contribution in [0.15, 0.2) is 4.90 Å². The molecule has 0 fully saturated rings. The van der Waals surface area contributed by atoms with E-state index in [1.807, 2.05) is 0 Å². The molecule has 1 rings (SSSR count). The Hall–Kier alpha value is -0.680. The zero-order chi connectivity index (χ0) is 10.2. The Labute approximate surface area is 81.3 Å². The predicted molar refractivity (Wildman–Crippen MR) is 52.3 cm³/mol. The quantitative estimate of drug-likeness (QED) is 0.708.